The van der Waals surface area contributed by atoms with Crippen LogP contribution in [0.5, 0.6) is 5.75 Å². The fourth-order valence-corrected chi connectivity index (χ4v) is 2.16. The number of methoxy groups -OCH3 is 1. The van der Waals surface area contributed by atoms with Crippen LogP contribution in [0.4, 0.5) is 5.69 Å². The zero-order valence-electron chi connectivity index (χ0n) is 10.8. The summed E-state index contributed by atoms with van der Waals surface area (Å²) in [5, 5.41) is 0. The van der Waals surface area contributed by atoms with E-state index in [2.05, 4.69) is 9.97 Å². The van der Waals surface area contributed by atoms with Gasteiger partial charge in [-0.15, -0.1) is 0 Å². The van der Waals surface area contributed by atoms with Gasteiger partial charge in [0.25, 0.3) is 0 Å². The first-order valence-corrected chi connectivity index (χ1v) is 5.91. The lowest BCUT2D eigenvalue weighted by Gasteiger charge is -2.04. The van der Waals surface area contributed by atoms with Crippen LogP contribution in [0.1, 0.15) is 0 Å². The number of anilines is 1. The van der Waals surface area contributed by atoms with E-state index in [1.807, 2.05) is 35.9 Å². The first-order chi connectivity index (χ1) is 9.20. The van der Waals surface area contributed by atoms with Gasteiger partial charge in [-0.1, -0.05) is 0 Å². The molecule has 0 aliphatic carbocycles. The smallest absolute Gasteiger partial charge is 0.143 e. The number of aryl methyl sites for hydroxylation is 1. The van der Waals surface area contributed by atoms with Crippen molar-refractivity contribution in [1.29, 1.82) is 0 Å². The summed E-state index contributed by atoms with van der Waals surface area (Å²) in [4.78, 5) is 8.63. The van der Waals surface area contributed by atoms with Crippen molar-refractivity contribution in [2.24, 2.45) is 7.05 Å². The van der Waals surface area contributed by atoms with E-state index in [9.17, 15) is 0 Å². The molecule has 2 N–H and O–H groups in total. The van der Waals surface area contributed by atoms with Gasteiger partial charge in [-0.3, -0.25) is 4.98 Å². The quantitative estimate of drug-likeness (QED) is 0.761. The molecule has 2 heterocycles. The SMILES string of the molecule is COc1ccc2c(c1)nc(-c1ccncc1N)n2C. The summed E-state index contributed by atoms with van der Waals surface area (Å²) in [6.07, 6.45) is 3.35. The van der Waals surface area contributed by atoms with Crippen LogP contribution in [-0.4, -0.2) is 21.6 Å². The number of hydrogen-bond acceptors (Lipinski definition) is 4. The molecule has 0 radical (unpaired) electrons. The number of nitrogen functional groups attached to an aromatic ring is 1. The first kappa shape index (κ1) is 11.5. The van der Waals surface area contributed by atoms with Gasteiger partial charge in [0, 0.05) is 24.9 Å². The number of hydrogen-bond donors (Lipinski definition) is 1. The van der Waals surface area contributed by atoms with Gasteiger partial charge in [-0.2, -0.15) is 0 Å². The van der Waals surface area contributed by atoms with Crippen LogP contribution in [0.25, 0.3) is 22.4 Å². The number of ether oxygens (including phenoxy) is 1. The van der Waals surface area contributed by atoms with Gasteiger partial charge in [-0.25, -0.2) is 4.98 Å². The van der Waals surface area contributed by atoms with Crippen molar-refractivity contribution in [1.82, 2.24) is 14.5 Å². The zero-order chi connectivity index (χ0) is 13.4. The highest BCUT2D eigenvalue weighted by Gasteiger charge is 2.12. The molecule has 0 bridgehead atoms. The predicted molar refractivity (Wildman–Crippen MR) is 74.9 cm³/mol. The summed E-state index contributed by atoms with van der Waals surface area (Å²) < 4.78 is 7.23. The molecule has 1 aromatic carbocycles. The van der Waals surface area contributed by atoms with Crippen molar-refractivity contribution in [3.63, 3.8) is 0 Å². The van der Waals surface area contributed by atoms with E-state index in [0.29, 0.717) is 5.69 Å². The summed E-state index contributed by atoms with van der Waals surface area (Å²) >= 11 is 0. The Bertz CT molecular complexity index is 748. The molecule has 0 aliphatic rings. The Morgan fingerprint density at radius 2 is 2.11 bits per heavy atom. The molecule has 3 aromatic rings. The van der Waals surface area contributed by atoms with Crippen molar-refractivity contribution < 1.29 is 4.74 Å². The highest BCUT2D eigenvalue weighted by molar-refractivity contribution is 5.84. The van der Waals surface area contributed by atoms with Crippen LogP contribution in [0, 0.1) is 0 Å². The summed E-state index contributed by atoms with van der Waals surface area (Å²) in [5.74, 6) is 1.61. The molecule has 5 heteroatoms. The minimum atomic E-state index is 0.618. The van der Waals surface area contributed by atoms with E-state index in [0.717, 1.165) is 28.2 Å². The second kappa shape index (κ2) is 4.28. The first-order valence-electron chi connectivity index (χ1n) is 5.91. The largest absolute Gasteiger partial charge is 0.497 e. The van der Waals surface area contributed by atoms with Gasteiger partial charge in [-0.05, 0) is 18.2 Å². The van der Waals surface area contributed by atoms with E-state index in [4.69, 9.17) is 10.5 Å². The summed E-state index contributed by atoms with van der Waals surface area (Å²) in [6, 6.07) is 7.69. The lowest BCUT2D eigenvalue weighted by atomic mass is 10.2. The Labute approximate surface area is 110 Å². The van der Waals surface area contributed by atoms with E-state index in [1.54, 1.807) is 19.5 Å². The molecule has 2 aromatic heterocycles. The lowest BCUT2D eigenvalue weighted by Crippen LogP contribution is -1.97. The molecular weight excluding hydrogens is 240 g/mol. The summed E-state index contributed by atoms with van der Waals surface area (Å²) in [5.41, 5.74) is 9.38. The van der Waals surface area contributed by atoms with Crippen molar-refractivity contribution in [2.75, 3.05) is 12.8 Å². The number of aromatic nitrogens is 3. The van der Waals surface area contributed by atoms with Crippen LogP contribution in [0.15, 0.2) is 36.7 Å². The van der Waals surface area contributed by atoms with Crippen molar-refractivity contribution in [2.45, 2.75) is 0 Å². The minimum Gasteiger partial charge on any atom is -0.497 e. The third-order valence-electron chi connectivity index (χ3n) is 3.18. The molecule has 19 heavy (non-hydrogen) atoms. The molecule has 0 saturated carbocycles. The van der Waals surface area contributed by atoms with Crippen LogP contribution >= 0.6 is 0 Å². The number of benzene rings is 1. The third kappa shape index (κ3) is 1.79. The van der Waals surface area contributed by atoms with Crippen LogP contribution in [-0.2, 0) is 7.05 Å². The highest BCUT2D eigenvalue weighted by atomic mass is 16.5. The van der Waals surface area contributed by atoms with Crippen LogP contribution < -0.4 is 10.5 Å². The average Bonchev–Trinajstić information content (AvgIpc) is 2.76. The molecule has 0 amide bonds. The van der Waals surface area contributed by atoms with Gasteiger partial charge >= 0.3 is 0 Å². The number of imidazole rings is 1. The molecule has 0 spiro atoms. The van der Waals surface area contributed by atoms with E-state index >= 15 is 0 Å². The second-order valence-electron chi connectivity index (χ2n) is 4.31. The maximum atomic E-state index is 5.96. The topological polar surface area (TPSA) is 66.0 Å². The van der Waals surface area contributed by atoms with Crippen LogP contribution in [0.3, 0.4) is 0 Å². The molecule has 0 saturated heterocycles. The van der Waals surface area contributed by atoms with Crippen molar-refractivity contribution in [3.05, 3.63) is 36.7 Å². The molecule has 0 aliphatic heterocycles. The number of rotatable bonds is 2. The monoisotopic (exact) mass is 254 g/mol. The van der Waals surface area contributed by atoms with Gasteiger partial charge < -0.3 is 15.0 Å². The number of nitrogens with zero attached hydrogens (tertiary/aromatic N) is 3. The summed E-state index contributed by atoms with van der Waals surface area (Å²) in [6.45, 7) is 0. The van der Waals surface area contributed by atoms with Gasteiger partial charge in [0.2, 0.25) is 0 Å². The Morgan fingerprint density at radius 3 is 2.84 bits per heavy atom. The molecule has 0 unspecified atom stereocenters. The molecular formula is C14H14N4O. The fraction of sp³-hybridized carbons (Fsp3) is 0.143. The fourth-order valence-electron chi connectivity index (χ4n) is 2.16. The molecule has 3 rings (SSSR count). The third-order valence-corrected chi connectivity index (χ3v) is 3.18. The van der Waals surface area contributed by atoms with Crippen LogP contribution in [0.2, 0.25) is 0 Å². The minimum absolute atomic E-state index is 0.618. The maximum Gasteiger partial charge on any atom is 0.143 e. The molecule has 96 valence electrons. The second-order valence-corrected chi connectivity index (χ2v) is 4.31. The number of pyridine rings is 1. The normalized spacial score (nSPS) is 10.8. The Balaban J connectivity index is 2.25. The molecule has 0 atom stereocenters. The highest BCUT2D eigenvalue weighted by Crippen LogP contribution is 2.28. The Hall–Kier alpha value is -2.56. The Morgan fingerprint density at radius 1 is 1.26 bits per heavy atom. The predicted octanol–water partition coefficient (Wildman–Crippen LogP) is 2.23. The van der Waals surface area contributed by atoms with E-state index < -0.39 is 0 Å². The van der Waals surface area contributed by atoms with E-state index in [-0.39, 0.29) is 0 Å². The van der Waals surface area contributed by atoms with Crippen molar-refractivity contribution >= 4 is 16.7 Å². The maximum absolute atomic E-state index is 5.96. The zero-order valence-corrected chi connectivity index (χ0v) is 10.8. The van der Waals surface area contributed by atoms with Gasteiger partial charge in [0.1, 0.15) is 11.6 Å². The lowest BCUT2D eigenvalue weighted by molar-refractivity contribution is 0.415. The number of fused-ring (bicyclic) bond motifs is 1. The van der Waals surface area contributed by atoms with Gasteiger partial charge in [0.15, 0.2) is 0 Å². The molecule has 0 fully saturated rings. The molecule has 5 nitrogen and oxygen atoms in total. The van der Waals surface area contributed by atoms with Gasteiger partial charge in [0.05, 0.1) is 30.0 Å². The van der Waals surface area contributed by atoms with Crippen molar-refractivity contribution in [3.8, 4) is 17.1 Å². The average molecular weight is 254 g/mol. The Kier molecular flexibility index (Phi) is 2.59. The van der Waals surface area contributed by atoms with E-state index in [1.165, 1.54) is 0 Å². The standard InChI is InChI=1S/C14H14N4O/c1-18-13-4-3-9(19-2)7-12(13)17-14(18)10-5-6-16-8-11(10)15/h3-8H,15H2,1-2H3. The summed E-state index contributed by atoms with van der Waals surface area (Å²) in [7, 11) is 3.61. The number of nitrogens with two attached hydrogens (primary N) is 1.